The standard InChI is InChI=1S/C27H29ClN6O/c1-4-19-7-5-6-8-23(19)29-27(35)20-13-15-33(16-14-20)26-25-24(17(2)30-31-26)18(3)34(32-25)22-11-9-21(28)10-12-22/h5-12,20H,4,13-16H2,1-3H3,(H,29,35). The van der Waals surface area contributed by atoms with Crippen LogP contribution in [-0.2, 0) is 11.2 Å². The third-order valence-electron chi connectivity index (χ3n) is 6.88. The minimum atomic E-state index is -0.0292. The van der Waals surface area contributed by atoms with Crippen LogP contribution in [0.4, 0.5) is 11.5 Å². The summed E-state index contributed by atoms with van der Waals surface area (Å²) in [5.74, 6) is 0.837. The number of aromatic nitrogens is 4. The minimum Gasteiger partial charge on any atom is -0.353 e. The highest BCUT2D eigenvalue weighted by atomic mass is 35.5. The number of nitrogens with one attached hydrogen (secondary N) is 1. The molecule has 1 aliphatic rings. The normalized spacial score (nSPS) is 14.5. The predicted molar refractivity (Wildman–Crippen MR) is 141 cm³/mol. The van der Waals surface area contributed by atoms with Gasteiger partial charge in [-0.25, -0.2) is 4.68 Å². The van der Waals surface area contributed by atoms with Crippen LogP contribution in [0, 0.1) is 19.8 Å². The fourth-order valence-corrected chi connectivity index (χ4v) is 5.02. The van der Waals surface area contributed by atoms with Crippen molar-refractivity contribution in [3.05, 3.63) is 70.5 Å². The van der Waals surface area contributed by atoms with Crippen molar-refractivity contribution in [2.24, 2.45) is 5.92 Å². The number of amides is 1. The van der Waals surface area contributed by atoms with Gasteiger partial charge in [0.2, 0.25) is 5.91 Å². The van der Waals surface area contributed by atoms with Crippen LogP contribution in [0.2, 0.25) is 5.02 Å². The molecule has 1 aliphatic heterocycles. The van der Waals surface area contributed by atoms with E-state index in [1.54, 1.807) is 0 Å². The van der Waals surface area contributed by atoms with E-state index < -0.39 is 0 Å². The Hall–Kier alpha value is -3.45. The highest BCUT2D eigenvalue weighted by molar-refractivity contribution is 6.30. The predicted octanol–water partition coefficient (Wildman–Crippen LogP) is 5.50. The van der Waals surface area contributed by atoms with E-state index in [1.807, 2.05) is 61.0 Å². The van der Waals surface area contributed by atoms with Gasteiger partial charge in [0.15, 0.2) is 5.82 Å². The Labute approximate surface area is 210 Å². The summed E-state index contributed by atoms with van der Waals surface area (Å²) in [6.45, 7) is 7.57. The van der Waals surface area contributed by atoms with Crippen molar-refractivity contribution in [1.29, 1.82) is 0 Å². The van der Waals surface area contributed by atoms with Gasteiger partial charge in [-0.15, -0.1) is 5.10 Å². The fraction of sp³-hybridized carbons (Fsp3) is 0.333. The smallest absolute Gasteiger partial charge is 0.227 e. The highest BCUT2D eigenvalue weighted by Gasteiger charge is 2.28. The Morgan fingerprint density at radius 2 is 1.77 bits per heavy atom. The summed E-state index contributed by atoms with van der Waals surface area (Å²) in [6.07, 6.45) is 2.40. The Balaban J connectivity index is 1.36. The number of piperidine rings is 1. The van der Waals surface area contributed by atoms with E-state index in [2.05, 4.69) is 33.4 Å². The quantitative estimate of drug-likeness (QED) is 0.401. The number of fused-ring (bicyclic) bond motifs is 1. The number of benzene rings is 2. The van der Waals surface area contributed by atoms with Crippen LogP contribution < -0.4 is 10.2 Å². The van der Waals surface area contributed by atoms with Gasteiger partial charge in [-0.3, -0.25) is 4.79 Å². The van der Waals surface area contributed by atoms with Crippen molar-refractivity contribution in [2.75, 3.05) is 23.3 Å². The van der Waals surface area contributed by atoms with Crippen molar-refractivity contribution in [1.82, 2.24) is 20.0 Å². The van der Waals surface area contributed by atoms with Gasteiger partial charge in [-0.2, -0.15) is 10.2 Å². The van der Waals surface area contributed by atoms with Crippen LogP contribution in [0.15, 0.2) is 48.5 Å². The summed E-state index contributed by atoms with van der Waals surface area (Å²) < 4.78 is 1.92. The van der Waals surface area contributed by atoms with Crippen molar-refractivity contribution in [3.8, 4) is 5.69 Å². The lowest BCUT2D eigenvalue weighted by atomic mass is 9.95. The number of hydrogen-bond donors (Lipinski definition) is 1. The molecule has 0 aliphatic carbocycles. The molecule has 0 atom stereocenters. The SMILES string of the molecule is CCc1ccccc1NC(=O)C1CCN(c2nnc(C)c3c(C)n(-c4ccc(Cl)cc4)nc23)CC1. The Morgan fingerprint density at radius 1 is 1.06 bits per heavy atom. The lowest BCUT2D eigenvalue weighted by Crippen LogP contribution is -2.39. The number of aryl methyl sites for hydroxylation is 3. The second-order valence-corrected chi connectivity index (χ2v) is 9.50. The maximum absolute atomic E-state index is 13.0. The first-order valence-corrected chi connectivity index (χ1v) is 12.5. The number of hydrogen-bond acceptors (Lipinski definition) is 5. The van der Waals surface area contributed by atoms with Gasteiger partial charge < -0.3 is 10.2 Å². The van der Waals surface area contributed by atoms with E-state index in [0.29, 0.717) is 5.02 Å². The van der Waals surface area contributed by atoms with E-state index >= 15 is 0 Å². The number of carbonyl (C=O) groups is 1. The maximum Gasteiger partial charge on any atom is 0.227 e. The Morgan fingerprint density at radius 3 is 2.49 bits per heavy atom. The summed E-state index contributed by atoms with van der Waals surface area (Å²) in [6, 6.07) is 15.6. The van der Waals surface area contributed by atoms with Gasteiger partial charge in [-0.1, -0.05) is 36.7 Å². The van der Waals surface area contributed by atoms with Crippen LogP contribution >= 0.6 is 11.6 Å². The van der Waals surface area contributed by atoms with Crippen molar-refractivity contribution in [3.63, 3.8) is 0 Å². The molecule has 0 bridgehead atoms. The van der Waals surface area contributed by atoms with Gasteiger partial charge in [0, 0.05) is 29.7 Å². The molecular formula is C27H29ClN6O. The number of para-hydroxylation sites is 1. The van der Waals surface area contributed by atoms with Gasteiger partial charge in [0.05, 0.1) is 22.5 Å². The van der Waals surface area contributed by atoms with Gasteiger partial charge in [-0.05, 0) is 69.0 Å². The summed E-state index contributed by atoms with van der Waals surface area (Å²) in [5, 5.41) is 18.8. The van der Waals surface area contributed by atoms with Gasteiger partial charge in [0.1, 0.15) is 5.52 Å². The van der Waals surface area contributed by atoms with Crippen LogP contribution in [0.25, 0.3) is 16.6 Å². The van der Waals surface area contributed by atoms with Crippen LogP contribution in [0.1, 0.15) is 36.7 Å². The first-order valence-electron chi connectivity index (χ1n) is 12.1. The van der Waals surface area contributed by atoms with Crippen molar-refractivity contribution in [2.45, 2.75) is 40.0 Å². The van der Waals surface area contributed by atoms with E-state index in [9.17, 15) is 4.79 Å². The molecule has 35 heavy (non-hydrogen) atoms. The zero-order chi connectivity index (χ0) is 24.5. The molecule has 5 rings (SSSR count). The largest absolute Gasteiger partial charge is 0.353 e. The molecule has 2 aromatic heterocycles. The second kappa shape index (κ2) is 9.66. The molecule has 0 unspecified atom stereocenters. The Bertz CT molecular complexity index is 1370. The summed E-state index contributed by atoms with van der Waals surface area (Å²) >= 11 is 6.08. The summed E-state index contributed by atoms with van der Waals surface area (Å²) in [7, 11) is 0. The minimum absolute atomic E-state index is 0.0292. The van der Waals surface area contributed by atoms with Crippen LogP contribution in [0.5, 0.6) is 0 Å². The molecule has 1 amide bonds. The summed E-state index contributed by atoms with van der Waals surface area (Å²) in [4.78, 5) is 15.2. The first-order chi connectivity index (χ1) is 17.0. The Kier molecular flexibility index (Phi) is 6.43. The summed E-state index contributed by atoms with van der Waals surface area (Å²) in [5.41, 5.74) is 5.71. The molecule has 4 aromatic rings. The monoisotopic (exact) mass is 488 g/mol. The van der Waals surface area contributed by atoms with E-state index in [0.717, 1.165) is 77.4 Å². The average Bonchev–Trinajstić information content (AvgIpc) is 3.23. The molecule has 0 saturated carbocycles. The number of nitrogens with zero attached hydrogens (tertiary/aromatic N) is 5. The molecule has 1 saturated heterocycles. The third-order valence-corrected chi connectivity index (χ3v) is 7.13. The zero-order valence-corrected chi connectivity index (χ0v) is 21.0. The second-order valence-electron chi connectivity index (χ2n) is 9.07. The average molecular weight is 489 g/mol. The molecule has 1 fully saturated rings. The number of halogens is 1. The maximum atomic E-state index is 13.0. The van der Waals surface area contributed by atoms with Crippen molar-refractivity contribution < 1.29 is 4.79 Å². The molecule has 0 spiro atoms. The zero-order valence-electron chi connectivity index (χ0n) is 20.3. The van der Waals surface area contributed by atoms with E-state index in [-0.39, 0.29) is 11.8 Å². The van der Waals surface area contributed by atoms with E-state index in [4.69, 9.17) is 16.7 Å². The topological polar surface area (TPSA) is 75.9 Å². The molecule has 3 heterocycles. The third kappa shape index (κ3) is 4.48. The lowest BCUT2D eigenvalue weighted by Gasteiger charge is -2.32. The molecule has 8 heteroatoms. The van der Waals surface area contributed by atoms with Gasteiger partial charge in [0.25, 0.3) is 0 Å². The molecule has 2 aromatic carbocycles. The first kappa shape index (κ1) is 23.3. The van der Waals surface area contributed by atoms with Crippen LogP contribution in [0.3, 0.4) is 0 Å². The highest BCUT2D eigenvalue weighted by Crippen LogP contribution is 2.32. The van der Waals surface area contributed by atoms with Gasteiger partial charge >= 0.3 is 0 Å². The van der Waals surface area contributed by atoms with Crippen molar-refractivity contribution >= 4 is 39.9 Å². The molecule has 7 nitrogen and oxygen atoms in total. The molecule has 0 radical (unpaired) electrons. The molecule has 1 N–H and O–H groups in total. The number of anilines is 2. The number of carbonyl (C=O) groups excluding carboxylic acids is 1. The number of rotatable bonds is 5. The van der Waals surface area contributed by atoms with Crippen LogP contribution in [-0.4, -0.2) is 39.0 Å². The molecule has 180 valence electrons. The lowest BCUT2D eigenvalue weighted by molar-refractivity contribution is -0.120. The van der Waals surface area contributed by atoms with E-state index in [1.165, 1.54) is 0 Å². The fourth-order valence-electron chi connectivity index (χ4n) is 4.90. The molecular weight excluding hydrogens is 460 g/mol.